The van der Waals surface area contributed by atoms with E-state index in [4.69, 9.17) is 14.7 Å². The minimum Gasteiger partial charge on any atom is -0.456 e. The van der Waals surface area contributed by atoms with Crippen LogP contribution in [0.1, 0.15) is 13.3 Å². The van der Waals surface area contributed by atoms with Gasteiger partial charge in [0.2, 0.25) is 12.1 Å². The van der Waals surface area contributed by atoms with E-state index < -0.39 is 24.3 Å². The third-order valence-corrected chi connectivity index (χ3v) is 2.25. The second-order valence-electron chi connectivity index (χ2n) is 3.24. The van der Waals surface area contributed by atoms with Crippen LogP contribution >= 0.6 is 0 Å². The van der Waals surface area contributed by atoms with Crippen LogP contribution in [-0.4, -0.2) is 29.2 Å². The number of imide groups is 1. The molecular formula is C9H8N2O4. The van der Waals surface area contributed by atoms with Crippen molar-refractivity contribution in [3.63, 3.8) is 0 Å². The van der Waals surface area contributed by atoms with Gasteiger partial charge in [0.1, 0.15) is 6.07 Å². The Morgan fingerprint density at radius 1 is 1.67 bits per heavy atom. The Kier molecular flexibility index (Phi) is 2.08. The molecule has 15 heavy (non-hydrogen) atoms. The van der Waals surface area contributed by atoms with Crippen molar-refractivity contribution in [3.05, 3.63) is 11.8 Å². The Bertz CT molecular complexity index is 395. The summed E-state index contributed by atoms with van der Waals surface area (Å²) in [6.07, 6.45) is -0.0838. The Morgan fingerprint density at radius 3 is 3.00 bits per heavy atom. The summed E-state index contributed by atoms with van der Waals surface area (Å²) < 4.78 is 10.1. The van der Waals surface area contributed by atoms with Crippen molar-refractivity contribution in [1.82, 2.24) is 4.90 Å². The molecule has 78 valence electrons. The zero-order valence-corrected chi connectivity index (χ0v) is 7.97. The van der Waals surface area contributed by atoms with Gasteiger partial charge in [-0.25, -0.2) is 9.69 Å². The quantitative estimate of drug-likeness (QED) is 0.579. The van der Waals surface area contributed by atoms with Crippen LogP contribution in [0.2, 0.25) is 0 Å². The summed E-state index contributed by atoms with van der Waals surface area (Å²) in [5, 5.41) is 8.63. The summed E-state index contributed by atoms with van der Waals surface area (Å²) in [5.74, 6) is -0.340. The minimum absolute atomic E-state index is 0.112. The molecule has 1 fully saturated rings. The van der Waals surface area contributed by atoms with Crippen LogP contribution in [0.25, 0.3) is 0 Å². The van der Waals surface area contributed by atoms with Gasteiger partial charge >= 0.3 is 6.09 Å². The van der Waals surface area contributed by atoms with Crippen molar-refractivity contribution < 1.29 is 19.1 Å². The number of rotatable bonds is 0. The van der Waals surface area contributed by atoms with Gasteiger partial charge in [-0.3, -0.25) is 4.79 Å². The summed E-state index contributed by atoms with van der Waals surface area (Å²) in [4.78, 5) is 23.3. The van der Waals surface area contributed by atoms with Crippen molar-refractivity contribution >= 4 is 12.0 Å². The number of amides is 2. The van der Waals surface area contributed by atoms with Gasteiger partial charge < -0.3 is 9.47 Å². The summed E-state index contributed by atoms with van der Waals surface area (Å²) in [6.45, 7) is 1.25. The molecule has 2 atom stereocenters. The number of carbonyl (C=O) groups excluding carboxylic acids is 2. The lowest BCUT2D eigenvalue weighted by Crippen LogP contribution is -2.42. The summed E-state index contributed by atoms with van der Waals surface area (Å²) in [5.41, 5.74) is 0. The molecule has 0 bridgehead atoms. The number of fused-ring (bicyclic) bond motifs is 1. The number of hydrogen-bond donors (Lipinski definition) is 0. The highest BCUT2D eigenvalue weighted by Crippen LogP contribution is 2.29. The SMILES string of the molecule is CC(=O)N1C(=O)O[C@@H]2CC=C(C#N)O[C@@H]21. The van der Waals surface area contributed by atoms with Crippen LogP contribution in [0, 0.1) is 11.3 Å². The number of ether oxygens (including phenoxy) is 2. The molecule has 0 unspecified atom stereocenters. The molecule has 0 aliphatic carbocycles. The second kappa shape index (κ2) is 3.28. The lowest BCUT2D eigenvalue weighted by Gasteiger charge is -2.25. The van der Waals surface area contributed by atoms with E-state index in [1.54, 1.807) is 0 Å². The van der Waals surface area contributed by atoms with E-state index in [9.17, 15) is 9.59 Å². The minimum atomic E-state index is -0.797. The van der Waals surface area contributed by atoms with Crippen LogP contribution in [0.4, 0.5) is 4.79 Å². The largest absolute Gasteiger partial charge is 0.456 e. The summed E-state index contributed by atoms with van der Waals surface area (Å²) in [6, 6.07) is 1.82. The molecule has 2 heterocycles. The molecule has 0 spiro atoms. The van der Waals surface area contributed by atoms with Crippen LogP contribution in [0.15, 0.2) is 11.8 Å². The van der Waals surface area contributed by atoms with Gasteiger partial charge in [-0.15, -0.1) is 0 Å². The Labute approximate surface area is 85.7 Å². The first-order valence-corrected chi connectivity index (χ1v) is 4.41. The molecule has 0 aromatic rings. The van der Waals surface area contributed by atoms with Crippen molar-refractivity contribution in [2.75, 3.05) is 0 Å². The van der Waals surface area contributed by atoms with E-state index >= 15 is 0 Å². The van der Waals surface area contributed by atoms with E-state index in [0.29, 0.717) is 6.42 Å². The standard InChI is InChI=1S/C9H8N2O4/c1-5(12)11-8-7(15-9(11)13)3-2-6(4-10)14-8/h2,7-8H,3H2,1H3/t7-,8+/m1/s1. The fraction of sp³-hybridized carbons (Fsp3) is 0.444. The molecule has 1 saturated heterocycles. The van der Waals surface area contributed by atoms with Gasteiger partial charge in [0, 0.05) is 13.3 Å². The summed E-state index contributed by atoms with van der Waals surface area (Å²) in [7, 11) is 0. The molecule has 2 rings (SSSR count). The van der Waals surface area contributed by atoms with Gasteiger partial charge in [0.25, 0.3) is 0 Å². The third-order valence-electron chi connectivity index (χ3n) is 2.25. The maximum absolute atomic E-state index is 11.3. The summed E-state index contributed by atoms with van der Waals surface area (Å²) >= 11 is 0. The molecule has 2 amide bonds. The molecule has 0 aromatic heterocycles. The van der Waals surface area contributed by atoms with Crippen molar-refractivity contribution in [2.45, 2.75) is 25.7 Å². The van der Waals surface area contributed by atoms with Gasteiger partial charge in [0.15, 0.2) is 11.9 Å². The number of nitriles is 1. The van der Waals surface area contributed by atoms with Gasteiger partial charge in [-0.1, -0.05) is 0 Å². The Balaban J connectivity index is 2.25. The van der Waals surface area contributed by atoms with Crippen LogP contribution in [0.3, 0.4) is 0 Å². The lowest BCUT2D eigenvalue weighted by atomic mass is 10.1. The van der Waals surface area contributed by atoms with Gasteiger partial charge in [0.05, 0.1) is 0 Å². The number of allylic oxidation sites excluding steroid dienone is 1. The molecule has 0 radical (unpaired) electrons. The normalized spacial score (nSPS) is 28.4. The lowest BCUT2D eigenvalue weighted by molar-refractivity contribution is -0.133. The molecule has 2 aliphatic heterocycles. The molecule has 6 nitrogen and oxygen atoms in total. The van der Waals surface area contributed by atoms with Crippen molar-refractivity contribution in [3.8, 4) is 6.07 Å². The second-order valence-corrected chi connectivity index (χ2v) is 3.24. The molecule has 0 N–H and O–H groups in total. The number of nitrogens with zero attached hydrogens (tertiary/aromatic N) is 2. The highest BCUT2D eigenvalue weighted by atomic mass is 16.6. The van der Waals surface area contributed by atoms with Gasteiger partial charge in [-0.05, 0) is 6.08 Å². The van der Waals surface area contributed by atoms with E-state index in [2.05, 4.69) is 0 Å². The van der Waals surface area contributed by atoms with E-state index in [0.717, 1.165) is 4.90 Å². The van der Waals surface area contributed by atoms with E-state index in [-0.39, 0.29) is 5.76 Å². The van der Waals surface area contributed by atoms with Crippen LogP contribution in [0.5, 0.6) is 0 Å². The zero-order valence-electron chi connectivity index (χ0n) is 7.97. The van der Waals surface area contributed by atoms with Crippen molar-refractivity contribution in [2.24, 2.45) is 0 Å². The van der Waals surface area contributed by atoms with E-state index in [1.807, 2.05) is 6.07 Å². The molecule has 0 saturated carbocycles. The zero-order chi connectivity index (χ0) is 11.0. The topological polar surface area (TPSA) is 79.6 Å². The molecule has 0 aromatic carbocycles. The van der Waals surface area contributed by atoms with Crippen molar-refractivity contribution in [1.29, 1.82) is 5.26 Å². The third kappa shape index (κ3) is 1.42. The predicted octanol–water partition coefficient (Wildman–Crippen LogP) is 0.508. The fourth-order valence-electron chi connectivity index (χ4n) is 1.59. The molecule has 2 aliphatic rings. The smallest absolute Gasteiger partial charge is 0.420 e. The average Bonchev–Trinajstić information content (AvgIpc) is 2.52. The first kappa shape index (κ1) is 9.52. The first-order chi connectivity index (χ1) is 7.13. The number of carbonyl (C=O) groups is 2. The molecule has 6 heteroatoms. The van der Waals surface area contributed by atoms with Gasteiger partial charge in [-0.2, -0.15) is 5.26 Å². The maximum Gasteiger partial charge on any atom is 0.420 e. The van der Waals surface area contributed by atoms with E-state index in [1.165, 1.54) is 13.0 Å². The number of hydrogen-bond acceptors (Lipinski definition) is 5. The highest BCUT2D eigenvalue weighted by molar-refractivity contribution is 5.92. The Morgan fingerprint density at radius 2 is 2.40 bits per heavy atom. The molecular weight excluding hydrogens is 200 g/mol. The predicted molar refractivity (Wildman–Crippen MR) is 46.0 cm³/mol. The highest BCUT2D eigenvalue weighted by Gasteiger charge is 2.47. The van der Waals surface area contributed by atoms with Crippen LogP contribution < -0.4 is 0 Å². The maximum atomic E-state index is 11.3. The monoisotopic (exact) mass is 208 g/mol. The Hall–Kier alpha value is -2.03. The first-order valence-electron chi connectivity index (χ1n) is 4.41. The fourth-order valence-corrected chi connectivity index (χ4v) is 1.59. The average molecular weight is 208 g/mol. The van der Waals surface area contributed by atoms with Crippen LogP contribution in [-0.2, 0) is 14.3 Å².